The van der Waals surface area contributed by atoms with Crippen molar-refractivity contribution in [1.29, 1.82) is 0 Å². The summed E-state index contributed by atoms with van der Waals surface area (Å²) in [7, 11) is 0. The summed E-state index contributed by atoms with van der Waals surface area (Å²) in [5.41, 5.74) is 6.17. The van der Waals surface area contributed by atoms with Crippen LogP contribution < -0.4 is 5.32 Å². The third kappa shape index (κ3) is 3.87. The summed E-state index contributed by atoms with van der Waals surface area (Å²) in [5, 5.41) is 5.33. The third-order valence-electron chi connectivity index (χ3n) is 6.17. The predicted molar refractivity (Wildman–Crippen MR) is 133 cm³/mol. The molecule has 1 atom stereocenters. The van der Waals surface area contributed by atoms with E-state index in [9.17, 15) is 4.79 Å². The molecule has 0 fully saturated rings. The van der Waals surface area contributed by atoms with Crippen LogP contribution in [0, 0.1) is 0 Å². The SMILES string of the molecule is C=Cc1nc([C@H](C)NC(=O)OCC2c3ccccc3-c3ccccc32)cc2cccc(Cl)c12. The van der Waals surface area contributed by atoms with Gasteiger partial charge in [-0.25, -0.2) is 4.79 Å². The molecule has 5 heteroatoms. The highest BCUT2D eigenvalue weighted by Crippen LogP contribution is 2.44. The summed E-state index contributed by atoms with van der Waals surface area (Å²) in [5.74, 6) is 0.0201. The summed E-state index contributed by atoms with van der Waals surface area (Å²) < 4.78 is 5.68. The highest BCUT2D eigenvalue weighted by molar-refractivity contribution is 6.36. The van der Waals surface area contributed by atoms with Crippen LogP contribution in [0.5, 0.6) is 0 Å². The predicted octanol–water partition coefficient (Wildman–Crippen LogP) is 7.13. The molecule has 33 heavy (non-hydrogen) atoms. The Kier molecular flexibility index (Phi) is 5.61. The van der Waals surface area contributed by atoms with E-state index < -0.39 is 6.09 Å². The van der Waals surface area contributed by atoms with Crippen LogP contribution >= 0.6 is 11.6 Å². The van der Waals surface area contributed by atoms with Gasteiger partial charge in [0.15, 0.2) is 0 Å². The fourth-order valence-corrected chi connectivity index (χ4v) is 4.86. The van der Waals surface area contributed by atoms with Crippen molar-refractivity contribution in [3.8, 4) is 11.1 Å². The number of halogens is 1. The number of hydrogen-bond acceptors (Lipinski definition) is 3. The molecule has 3 aromatic carbocycles. The highest BCUT2D eigenvalue weighted by atomic mass is 35.5. The van der Waals surface area contributed by atoms with Crippen molar-refractivity contribution in [3.63, 3.8) is 0 Å². The molecule has 1 heterocycles. The summed E-state index contributed by atoms with van der Waals surface area (Å²) in [6.07, 6.45) is 1.20. The summed E-state index contributed by atoms with van der Waals surface area (Å²) in [6.45, 7) is 6.01. The van der Waals surface area contributed by atoms with Gasteiger partial charge in [-0.2, -0.15) is 0 Å². The average molecular weight is 455 g/mol. The molecule has 5 rings (SSSR count). The molecular formula is C28H23ClN2O2. The van der Waals surface area contributed by atoms with Crippen LogP contribution in [0.4, 0.5) is 4.79 Å². The van der Waals surface area contributed by atoms with Crippen LogP contribution in [0.25, 0.3) is 28.0 Å². The number of carbonyl (C=O) groups excluding carboxylic acids is 1. The van der Waals surface area contributed by atoms with E-state index in [4.69, 9.17) is 16.3 Å². The van der Waals surface area contributed by atoms with Crippen LogP contribution in [0.2, 0.25) is 5.02 Å². The average Bonchev–Trinajstić information content (AvgIpc) is 3.16. The molecule has 0 spiro atoms. The van der Waals surface area contributed by atoms with Gasteiger partial charge >= 0.3 is 6.09 Å². The van der Waals surface area contributed by atoms with Gasteiger partial charge in [0.1, 0.15) is 6.61 Å². The number of benzene rings is 3. The van der Waals surface area contributed by atoms with E-state index in [-0.39, 0.29) is 18.6 Å². The molecule has 0 saturated carbocycles. The Bertz CT molecular complexity index is 1340. The number of nitrogens with zero attached hydrogens (tertiary/aromatic N) is 1. The van der Waals surface area contributed by atoms with E-state index in [1.807, 2.05) is 55.5 Å². The molecule has 1 aliphatic carbocycles. The second-order valence-electron chi connectivity index (χ2n) is 8.17. The first-order valence-electron chi connectivity index (χ1n) is 10.9. The minimum atomic E-state index is -0.475. The zero-order valence-corrected chi connectivity index (χ0v) is 19.0. The molecule has 0 aliphatic heterocycles. The summed E-state index contributed by atoms with van der Waals surface area (Å²) in [6, 6.07) is 23.8. The van der Waals surface area contributed by atoms with Crippen LogP contribution in [0.15, 0.2) is 79.4 Å². The lowest BCUT2D eigenvalue weighted by Crippen LogP contribution is -2.29. The number of amides is 1. The quantitative estimate of drug-likeness (QED) is 0.349. The minimum Gasteiger partial charge on any atom is -0.449 e. The van der Waals surface area contributed by atoms with Crippen molar-refractivity contribution in [3.05, 3.63) is 107 Å². The van der Waals surface area contributed by atoms with Crippen molar-refractivity contribution in [2.24, 2.45) is 0 Å². The van der Waals surface area contributed by atoms with E-state index in [0.29, 0.717) is 16.4 Å². The minimum absolute atomic E-state index is 0.0201. The number of pyridine rings is 1. The maximum Gasteiger partial charge on any atom is 0.407 e. The lowest BCUT2D eigenvalue weighted by atomic mass is 9.98. The zero-order valence-electron chi connectivity index (χ0n) is 18.2. The zero-order chi connectivity index (χ0) is 22.9. The molecule has 1 aromatic heterocycles. The van der Waals surface area contributed by atoms with Crippen LogP contribution in [0.3, 0.4) is 0 Å². The first-order valence-corrected chi connectivity index (χ1v) is 11.3. The molecule has 1 amide bonds. The third-order valence-corrected chi connectivity index (χ3v) is 6.48. The molecule has 4 nitrogen and oxygen atoms in total. The Labute approximate surface area is 197 Å². The molecule has 4 aromatic rings. The first-order chi connectivity index (χ1) is 16.1. The Morgan fingerprint density at radius 1 is 1.09 bits per heavy atom. The van der Waals surface area contributed by atoms with E-state index in [2.05, 4.69) is 41.1 Å². The number of fused-ring (bicyclic) bond motifs is 4. The normalized spacial score (nSPS) is 13.3. The van der Waals surface area contributed by atoms with Gasteiger partial charge in [0.05, 0.1) is 22.5 Å². The number of nitrogens with one attached hydrogen (secondary N) is 1. The lowest BCUT2D eigenvalue weighted by molar-refractivity contribution is 0.139. The topological polar surface area (TPSA) is 51.2 Å². The van der Waals surface area contributed by atoms with Gasteiger partial charge in [0.2, 0.25) is 0 Å². The molecule has 0 bridgehead atoms. The Morgan fingerprint density at radius 3 is 2.42 bits per heavy atom. The maximum atomic E-state index is 12.7. The maximum absolute atomic E-state index is 12.7. The number of ether oxygens (including phenoxy) is 1. The lowest BCUT2D eigenvalue weighted by Gasteiger charge is -2.18. The summed E-state index contributed by atoms with van der Waals surface area (Å²) in [4.78, 5) is 17.3. The highest BCUT2D eigenvalue weighted by Gasteiger charge is 2.29. The Balaban J connectivity index is 1.32. The van der Waals surface area contributed by atoms with Gasteiger partial charge in [-0.1, -0.05) is 78.8 Å². The smallest absolute Gasteiger partial charge is 0.407 e. The Hall–Kier alpha value is -3.63. The van der Waals surface area contributed by atoms with Crippen molar-refractivity contribution in [2.75, 3.05) is 6.61 Å². The van der Waals surface area contributed by atoms with E-state index in [0.717, 1.165) is 10.8 Å². The molecule has 0 unspecified atom stereocenters. The summed E-state index contributed by atoms with van der Waals surface area (Å²) >= 11 is 6.35. The second-order valence-corrected chi connectivity index (χ2v) is 8.57. The van der Waals surface area contributed by atoms with Crippen molar-refractivity contribution in [2.45, 2.75) is 18.9 Å². The van der Waals surface area contributed by atoms with Crippen molar-refractivity contribution < 1.29 is 9.53 Å². The molecule has 0 radical (unpaired) electrons. The molecule has 164 valence electrons. The number of hydrogen-bond donors (Lipinski definition) is 1. The number of alkyl carbamates (subject to hydrolysis) is 1. The van der Waals surface area contributed by atoms with Gasteiger partial charge in [-0.15, -0.1) is 0 Å². The van der Waals surface area contributed by atoms with Crippen LogP contribution in [-0.4, -0.2) is 17.7 Å². The van der Waals surface area contributed by atoms with Crippen molar-refractivity contribution >= 4 is 34.5 Å². The van der Waals surface area contributed by atoms with Gasteiger partial charge in [-0.05, 0) is 52.8 Å². The molecule has 1 aliphatic rings. The monoisotopic (exact) mass is 454 g/mol. The number of rotatable bonds is 5. The molecule has 1 N–H and O–H groups in total. The van der Waals surface area contributed by atoms with E-state index in [1.165, 1.54) is 22.3 Å². The molecule has 0 saturated heterocycles. The van der Waals surface area contributed by atoms with Crippen LogP contribution in [0.1, 0.15) is 41.4 Å². The standard InChI is InChI=1S/C28H23ClN2O2/c1-3-25-27-18(9-8-14-24(27)29)15-26(31-25)17(2)30-28(32)33-16-23-21-12-6-4-10-19(21)20-11-5-7-13-22(20)23/h3-15,17,23H,1,16H2,2H3,(H,30,32)/t17-/m0/s1. The second kappa shape index (κ2) is 8.72. The molecular weight excluding hydrogens is 432 g/mol. The van der Waals surface area contributed by atoms with Gasteiger partial charge < -0.3 is 10.1 Å². The van der Waals surface area contributed by atoms with Gasteiger partial charge in [-0.3, -0.25) is 4.98 Å². The van der Waals surface area contributed by atoms with Crippen molar-refractivity contribution in [1.82, 2.24) is 10.3 Å². The van der Waals surface area contributed by atoms with Gasteiger partial charge in [0.25, 0.3) is 0 Å². The largest absolute Gasteiger partial charge is 0.449 e. The Morgan fingerprint density at radius 2 is 1.76 bits per heavy atom. The van der Waals surface area contributed by atoms with Crippen LogP contribution in [-0.2, 0) is 4.74 Å². The van der Waals surface area contributed by atoms with Gasteiger partial charge in [0, 0.05) is 11.3 Å². The number of aromatic nitrogens is 1. The first kappa shape index (κ1) is 21.2. The van der Waals surface area contributed by atoms with E-state index in [1.54, 1.807) is 6.08 Å². The number of carbonyl (C=O) groups is 1. The fraction of sp³-hybridized carbons (Fsp3) is 0.143. The fourth-order valence-electron chi connectivity index (χ4n) is 4.58. The van der Waals surface area contributed by atoms with E-state index >= 15 is 0 Å².